The molecule has 0 spiro atoms. The summed E-state index contributed by atoms with van der Waals surface area (Å²) in [7, 11) is 0. The van der Waals surface area contributed by atoms with Crippen molar-refractivity contribution in [3.05, 3.63) is 0 Å². The minimum Gasteiger partial charge on any atom is -0.331 e. The Balaban J connectivity index is 2.77. The van der Waals surface area contributed by atoms with Gasteiger partial charge in [0.25, 0.3) is 0 Å². The van der Waals surface area contributed by atoms with Crippen LogP contribution >= 0.6 is 0 Å². The van der Waals surface area contributed by atoms with Gasteiger partial charge in [0.05, 0.1) is 0 Å². The molecule has 1 rings (SSSR count). The molecule has 3 atom stereocenters. The molecule has 0 saturated heterocycles. The van der Waals surface area contributed by atoms with E-state index in [2.05, 4.69) is 0 Å². The van der Waals surface area contributed by atoms with Crippen LogP contribution in [0.5, 0.6) is 0 Å². The van der Waals surface area contributed by atoms with Gasteiger partial charge in [0.15, 0.2) is 0 Å². The van der Waals surface area contributed by atoms with Crippen LogP contribution in [0.25, 0.3) is 0 Å². The molecule has 1 fully saturated rings. The Morgan fingerprint density at radius 3 is 2.37 bits per heavy atom. The predicted molar refractivity (Wildman–Crippen MR) is 67.4 cm³/mol. The molecule has 2 N–H and O–H groups in total. The van der Waals surface area contributed by atoms with Crippen molar-refractivity contribution in [3.63, 3.8) is 0 Å². The molecule has 1 saturated carbocycles. The van der Waals surface area contributed by atoms with Gasteiger partial charge in [-0.1, -0.05) is 6.92 Å². The maximum Gasteiger partial charge on any atom is 0.406 e. The summed E-state index contributed by atoms with van der Waals surface area (Å²) in [4.78, 5) is 13.3. The van der Waals surface area contributed by atoms with Crippen LogP contribution in [0.1, 0.15) is 40.0 Å². The van der Waals surface area contributed by atoms with E-state index in [0.717, 1.165) is 4.90 Å². The van der Waals surface area contributed by atoms with Crippen LogP contribution in [-0.2, 0) is 4.79 Å². The van der Waals surface area contributed by atoms with Crippen LogP contribution in [0.15, 0.2) is 0 Å². The molecule has 1 aliphatic carbocycles. The first kappa shape index (κ1) is 16.3. The van der Waals surface area contributed by atoms with Gasteiger partial charge in [0.2, 0.25) is 5.91 Å². The molecule has 0 aromatic carbocycles. The summed E-state index contributed by atoms with van der Waals surface area (Å²) in [6.45, 7) is 3.96. The fourth-order valence-corrected chi connectivity index (χ4v) is 2.73. The summed E-state index contributed by atoms with van der Waals surface area (Å²) in [5.41, 5.74) is 5.82. The van der Waals surface area contributed by atoms with E-state index in [1.54, 1.807) is 13.8 Å². The van der Waals surface area contributed by atoms with Crippen molar-refractivity contribution in [2.75, 3.05) is 6.54 Å². The molecule has 3 nitrogen and oxygen atoms in total. The van der Waals surface area contributed by atoms with Gasteiger partial charge < -0.3 is 10.6 Å². The Morgan fingerprint density at radius 2 is 1.95 bits per heavy atom. The van der Waals surface area contributed by atoms with E-state index in [9.17, 15) is 18.0 Å². The average molecular weight is 280 g/mol. The Morgan fingerprint density at radius 1 is 1.37 bits per heavy atom. The summed E-state index contributed by atoms with van der Waals surface area (Å²) < 4.78 is 37.6. The molecule has 0 bridgehead atoms. The number of hydrogen-bond acceptors (Lipinski definition) is 2. The third-order valence-electron chi connectivity index (χ3n) is 3.78. The summed E-state index contributed by atoms with van der Waals surface area (Å²) in [5.74, 6) is -0.665. The van der Waals surface area contributed by atoms with Gasteiger partial charge >= 0.3 is 6.18 Å². The second kappa shape index (κ2) is 6.11. The molecule has 19 heavy (non-hydrogen) atoms. The lowest BCUT2D eigenvalue weighted by Gasteiger charge is -2.37. The van der Waals surface area contributed by atoms with Crippen LogP contribution in [-0.4, -0.2) is 35.6 Å². The highest BCUT2D eigenvalue weighted by molar-refractivity contribution is 5.79. The topological polar surface area (TPSA) is 46.3 Å². The zero-order chi connectivity index (χ0) is 14.8. The predicted octanol–water partition coefficient (Wildman–Crippen LogP) is 2.55. The lowest BCUT2D eigenvalue weighted by molar-refractivity contribution is -0.168. The number of rotatable bonds is 3. The van der Waals surface area contributed by atoms with Crippen molar-refractivity contribution < 1.29 is 18.0 Å². The van der Waals surface area contributed by atoms with Gasteiger partial charge in [-0.15, -0.1) is 0 Å². The second-order valence-electron chi connectivity index (χ2n) is 5.83. The zero-order valence-corrected chi connectivity index (χ0v) is 11.7. The Hall–Kier alpha value is -0.780. The van der Waals surface area contributed by atoms with E-state index in [-0.39, 0.29) is 23.8 Å². The molecule has 112 valence electrons. The first-order valence-electron chi connectivity index (χ1n) is 6.74. The number of carbonyl (C=O) groups is 1. The number of hydrogen-bond donors (Lipinski definition) is 1. The normalized spacial score (nSPS) is 28.5. The van der Waals surface area contributed by atoms with Gasteiger partial charge in [-0.2, -0.15) is 13.2 Å². The van der Waals surface area contributed by atoms with Crippen LogP contribution < -0.4 is 5.73 Å². The number of nitrogens with two attached hydrogens (primary N) is 1. The summed E-state index contributed by atoms with van der Waals surface area (Å²) in [5, 5.41) is 0. The summed E-state index contributed by atoms with van der Waals surface area (Å²) in [6.07, 6.45) is -2.36. The average Bonchev–Trinajstić information content (AvgIpc) is 2.23. The van der Waals surface area contributed by atoms with Crippen LogP contribution in [0.2, 0.25) is 0 Å². The van der Waals surface area contributed by atoms with Crippen molar-refractivity contribution in [1.82, 2.24) is 4.90 Å². The van der Waals surface area contributed by atoms with Gasteiger partial charge in [-0.05, 0) is 39.0 Å². The molecular formula is C13H23F3N2O. The lowest BCUT2D eigenvalue weighted by atomic mass is 9.77. The molecule has 0 radical (unpaired) electrons. The quantitative estimate of drug-likeness (QED) is 0.863. The molecular weight excluding hydrogens is 257 g/mol. The highest BCUT2D eigenvalue weighted by Gasteiger charge is 2.39. The molecule has 0 aromatic heterocycles. The Labute approximate surface area is 112 Å². The fraction of sp³-hybridized carbons (Fsp3) is 0.923. The molecule has 3 unspecified atom stereocenters. The maximum absolute atomic E-state index is 12.5. The highest BCUT2D eigenvalue weighted by atomic mass is 19.4. The van der Waals surface area contributed by atoms with Crippen molar-refractivity contribution in [1.29, 1.82) is 0 Å². The number of amides is 1. The first-order chi connectivity index (χ1) is 8.61. The Bertz CT molecular complexity index is 318. The van der Waals surface area contributed by atoms with Gasteiger partial charge in [-0.3, -0.25) is 4.79 Å². The van der Waals surface area contributed by atoms with Crippen LogP contribution in [0.3, 0.4) is 0 Å². The maximum atomic E-state index is 12.5. The van der Waals surface area contributed by atoms with E-state index in [4.69, 9.17) is 5.73 Å². The summed E-state index contributed by atoms with van der Waals surface area (Å²) in [6, 6.07) is -0.383. The van der Waals surface area contributed by atoms with E-state index in [0.29, 0.717) is 19.3 Å². The van der Waals surface area contributed by atoms with Gasteiger partial charge in [0.1, 0.15) is 6.54 Å². The zero-order valence-electron chi connectivity index (χ0n) is 11.7. The number of carbonyl (C=O) groups excluding carboxylic acids is 1. The third-order valence-corrected chi connectivity index (χ3v) is 3.78. The first-order valence-corrected chi connectivity index (χ1v) is 6.74. The standard InChI is InChI=1S/C13H23F3N2O/c1-8(2)18(7-13(14,15)16)12(19)11-5-4-10(17)6-9(11)3/h8-11H,4-7,17H2,1-3H3. The van der Waals surface area contributed by atoms with Crippen molar-refractivity contribution in [2.24, 2.45) is 17.6 Å². The Kier molecular flexibility index (Phi) is 5.24. The largest absolute Gasteiger partial charge is 0.406 e. The number of nitrogens with zero attached hydrogens (tertiary/aromatic N) is 1. The van der Waals surface area contributed by atoms with Crippen molar-refractivity contribution >= 4 is 5.91 Å². The molecule has 0 aliphatic heterocycles. The highest BCUT2D eigenvalue weighted by Crippen LogP contribution is 2.32. The van der Waals surface area contributed by atoms with Crippen LogP contribution in [0, 0.1) is 11.8 Å². The SMILES string of the molecule is CC1CC(N)CCC1C(=O)N(CC(F)(F)F)C(C)C. The monoisotopic (exact) mass is 280 g/mol. The molecule has 1 aliphatic rings. The third kappa shape index (κ3) is 4.67. The lowest BCUT2D eigenvalue weighted by Crippen LogP contribution is -2.49. The van der Waals surface area contributed by atoms with E-state index >= 15 is 0 Å². The van der Waals surface area contributed by atoms with E-state index in [1.165, 1.54) is 0 Å². The fourth-order valence-electron chi connectivity index (χ4n) is 2.73. The van der Waals surface area contributed by atoms with Gasteiger partial charge in [-0.25, -0.2) is 0 Å². The minimum atomic E-state index is -4.35. The minimum absolute atomic E-state index is 0.0470. The van der Waals surface area contributed by atoms with Crippen LogP contribution in [0.4, 0.5) is 13.2 Å². The summed E-state index contributed by atoms with van der Waals surface area (Å²) >= 11 is 0. The smallest absolute Gasteiger partial charge is 0.331 e. The van der Waals surface area contributed by atoms with E-state index < -0.39 is 18.8 Å². The molecule has 0 heterocycles. The van der Waals surface area contributed by atoms with Crippen molar-refractivity contribution in [3.8, 4) is 0 Å². The van der Waals surface area contributed by atoms with Crippen molar-refractivity contribution in [2.45, 2.75) is 58.3 Å². The van der Waals surface area contributed by atoms with Gasteiger partial charge in [0, 0.05) is 18.0 Å². The molecule has 1 amide bonds. The number of alkyl halides is 3. The molecule has 6 heteroatoms. The molecule has 0 aromatic rings. The number of halogens is 3. The second-order valence-corrected chi connectivity index (χ2v) is 5.83. The van der Waals surface area contributed by atoms with E-state index in [1.807, 2.05) is 6.92 Å².